The van der Waals surface area contributed by atoms with Gasteiger partial charge in [0.1, 0.15) is 5.75 Å². The van der Waals surface area contributed by atoms with Crippen LogP contribution in [0.25, 0.3) is 10.9 Å². The normalized spacial score (nSPS) is 16.9. The van der Waals surface area contributed by atoms with Crippen molar-refractivity contribution < 1.29 is 17.9 Å². The quantitative estimate of drug-likeness (QED) is 0.385. The topological polar surface area (TPSA) is 92.5 Å². The van der Waals surface area contributed by atoms with E-state index >= 15 is 0 Å². The van der Waals surface area contributed by atoms with Crippen LogP contribution in [0.4, 0.5) is 0 Å². The number of sulfonamides is 1. The molecule has 1 aliphatic heterocycles. The zero-order valence-corrected chi connectivity index (χ0v) is 19.0. The lowest BCUT2D eigenvalue weighted by molar-refractivity contribution is 0.0722. The van der Waals surface area contributed by atoms with E-state index in [0.29, 0.717) is 24.9 Å². The van der Waals surface area contributed by atoms with Gasteiger partial charge in [-0.2, -0.15) is 0 Å². The van der Waals surface area contributed by atoms with Crippen LogP contribution in [0.5, 0.6) is 5.75 Å². The monoisotopic (exact) mass is 457 g/mol. The maximum Gasteiger partial charge on any atom is 0.240 e. The minimum absolute atomic E-state index is 0.250. The van der Waals surface area contributed by atoms with Gasteiger partial charge >= 0.3 is 0 Å². The Morgan fingerprint density at radius 2 is 1.94 bits per heavy atom. The van der Waals surface area contributed by atoms with Crippen LogP contribution in [-0.2, 0) is 21.2 Å². The van der Waals surface area contributed by atoms with E-state index in [1.54, 1.807) is 24.3 Å². The van der Waals surface area contributed by atoms with E-state index in [1.165, 1.54) is 10.9 Å². The first-order valence-electron chi connectivity index (χ1n) is 11.2. The fraction of sp³-hybridized carbons (Fsp3) is 0.417. The maximum atomic E-state index is 12.6. The maximum absolute atomic E-state index is 12.6. The molecule has 0 amide bonds. The van der Waals surface area contributed by atoms with Gasteiger partial charge in [-0.25, -0.2) is 13.1 Å². The van der Waals surface area contributed by atoms with Gasteiger partial charge in [-0.1, -0.05) is 18.2 Å². The Bertz CT molecular complexity index is 1090. The molecule has 0 saturated carbocycles. The number of para-hydroxylation sites is 1. The van der Waals surface area contributed by atoms with Gasteiger partial charge < -0.3 is 19.8 Å². The standard InChI is InChI=1S/C24H31N3O4S/c28-32(29,27-13-3-5-19-17-26-24-8-2-1-7-23(19)24)22-11-9-21(10-12-22)31-15-4-6-20-18-30-16-14-25-20/h1-2,7-12,17,20,25-27H,3-6,13-16,18H2. The van der Waals surface area contributed by atoms with Gasteiger partial charge in [0.05, 0.1) is 24.7 Å². The summed E-state index contributed by atoms with van der Waals surface area (Å²) in [6, 6.07) is 15.1. The zero-order chi connectivity index (χ0) is 22.2. The molecule has 32 heavy (non-hydrogen) atoms. The molecule has 1 saturated heterocycles. The SMILES string of the molecule is O=S(=O)(NCCCc1c[nH]c2ccccc12)c1ccc(OCCCC2COCCN2)cc1. The van der Waals surface area contributed by atoms with Crippen LogP contribution in [0.3, 0.4) is 0 Å². The van der Waals surface area contributed by atoms with Gasteiger partial charge in [-0.3, -0.25) is 0 Å². The van der Waals surface area contributed by atoms with Crippen molar-refractivity contribution in [3.05, 3.63) is 60.3 Å². The predicted molar refractivity (Wildman–Crippen MR) is 126 cm³/mol. The third kappa shape index (κ3) is 6.10. The molecule has 2 aromatic carbocycles. The fourth-order valence-electron chi connectivity index (χ4n) is 3.95. The third-order valence-corrected chi connectivity index (χ3v) is 7.16. The molecule has 8 heteroatoms. The Labute approximate surface area is 189 Å². The highest BCUT2D eigenvalue weighted by Crippen LogP contribution is 2.19. The summed E-state index contributed by atoms with van der Waals surface area (Å²) in [6.07, 6.45) is 5.44. The fourth-order valence-corrected chi connectivity index (χ4v) is 5.02. The predicted octanol–water partition coefficient (Wildman–Crippen LogP) is 3.23. The lowest BCUT2D eigenvalue weighted by atomic mass is 10.1. The molecule has 0 aliphatic carbocycles. The number of rotatable bonds is 11. The molecule has 1 aliphatic rings. The first-order valence-corrected chi connectivity index (χ1v) is 12.7. The summed E-state index contributed by atoms with van der Waals surface area (Å²) in [5, 5.41) is 4.61. The molecule has 0 spiro atoms. The van der Waals surface area contributed by atoms with Gasteiger partial charge in [0.15, 0.2) is 0 Å². The number of ether oxygens (including phenoxy) is 2. The van der Waals surface area contributed by atoms with Crippen molar-refractivity contribution in [1.29, 1.82) is 0 Å². The average molecular weight is 458 g/mol. The number of hydrogen-bond donors (Lipinski definition) is 3. The summed E-state index contributed by atoms with van der Waals surface area (Å²) in [7, 11) is -3.54. The van der Waals surface area contributed by atoms with Crippen LogP contribution in [-0.4, -0.2) is 52.4 Å². The molecule has 0 radical (unpaired) electrons. The largest absolute Gasteiger partial charge is 0.494 e. The first kappa shape index (κ1) is 22.8. The number of aryl methyl sites for hydroxylation is 1. The summed E-state index contributed by atoms with van der Waals surface area (Å²) in [6.45, 7) is 3.41. The molecular formula is C24H31N3O4S. The zero-order valence-electron chi connectivity index (χ0n) is 18.2. The van der Waals surface area contributed by atoms with E-state index in [9.17, 15) is 8.42 Å². The summed E-state index contributed by atoms with van der Waals surface area (Å²) in [5.41, 5.74) is 2.30. The van der Waals surface area contributed by atoms with E-state index in [1.807, 2.05) is 24.4 Å². The molecular weight excluding hydrogens is 426 g/mol. The second kappa shape index (κ2) is 11.0. The minimum Gasteiger partial charge on any atom is -0.494 e. The number of H-pyrrole nitrogens is 1. The summed E-state index contributed by atoms with van der Waals surface area (Å²) in [5.74, 6) is 0.677. The summed E-state index contributed by atoms with van der Waals surface area (Å²) >= 11 is 0. The highest BCUT2D eigenvalue weighted by molar-refractivity contribution is 7.89. The second-order valence-corrected chi connectivity index (χ2v) is 9.82. The highest BCUT2D eigenvalue weighted by atomic mass is 32.2. The summed E-state index contributed by atoms with van der Waals surface area (Å²) in [4.78, 5) is 3.50. The molecule has 3 N–H and O–H groups in total. The number of hydrogen-bond acceptors (Lipinski definition) is 5. The van der Waals surface area contributed by atoms with Gasteiger partial charge in [-0.15, -0.1) is 0 Å². The van der Waals surface area contributed by atoms with Crippen molar-refractivity contribution in [3.63, 3.8) is 0 Å². The average Bonchev–Trinajstić information content (AvgIpc) is 3.24. The molecule has 1 aromatic heterocycles. The van der Waals surface area contributed by atoms with E-state index in [4.69, 9.17) is 9.47 Å². The number of morpholine rings is 1. The van der Waals surface area contributed by atoms with Gasteiger partial charge in [0.2, 0.25) is 10.0 Å². The van der Waals surface area contributed by atoms with E-state index < -0.39 is 10.0 Å². The number of aromatic amines is 1. The van der Waals surface area contributed by atoms with Gasteiger partial charge in [0, 0.05) is 36.2 Å². The van der Waals surface area contributed by atoms with Crippen molar-refractivity contribution in [2.24, 2.45) is 0 Å². The van der Waals surface area contributed by atoms with E-state index in [2.05, 4.69) is 21.1 Å². The second-order valence-electron chi connectivity index (χ2n) is 8.05. The third-order valence-electron chi connectivity index (χ3n) is 5.69. The molecule has 2 heterocycles. The van der Waals surface area contributed by atoms with Crippen LogP contribution >= 0.6 is 0 Å². The van der Waals surface area contributed by atoms with Crippen molar-refractivity contribution in [2.45, 2.75) is 36.6 Å². The molecule has 1 unspecified atom stereocenters. The number of fused-ring (bicyclic) bond motifs is 1. The van der Waals surface area contributed by atoms with Gasteiger partial charge in [0.25, 0.3) is 0 Å². The lowest BCUT2D eigenvalue weighted by Crippen LogP contribution is -2.41. The molecule has 4 rings (SSSR count). The van der Waals surface area contributed by atoms with E-state index in [-0.39, 0.29) is 4.90 Å². The molecule has 1 atom stereocenters. The Morgan fingerprint density at radius 1 is 1.09 bits per heavy atom. The van der Waals surface area contributed by atoms with Crippen LogP contribution < -0.4 is 14.8 Å². The van der Waals surface area contributed by atoms with Crippen molar-refractivity contribution >= 4 is 20.9 Å². The Morgan fingerprint density at radius 3 is 2.75 bits per heavy atom. The summed E-state index contributed by atoms with van der Waals surface area (Å²) < 4.78 is 39.0. The highest BCUT2D eigenvalue weighted by Gasteiger charge is 2.14. The molecule has 0 bridgehead atoms. The smallest absolute Gasteiger partial charge is 0.240 e. The lowest BCUT2D eigenvalue weighted by Gasteiger charge is -2.23. The van der Waals surface area contributed by atoms with Crippen molar-refractivity contribution in [3.8, 4) is 5.75 Å². The number of benzene rings is 2. The molecule has 172 valence electrons. The van der Waals surface area contributed by atoms with Crippen molar-refractivity contribution in [2.75, 3.05) is 32.9 Å². The number of aromatic nitrogens is 1. The molecule has 7 nitrogen and oxygen atoms in total. The Balaban J connectivity index is 1.19. The van der Waals surface area contributed by atoms with E-state index in [0.717, 1.165) is 51.0 Å². The molecule has 3 aromatic rings. The van der Waals surface area contributed by atoms with Crippen LogP contribution in [0.2, 0.25) is 0 Å². The first-order chi connectivity index (χ1) is 15.6. The number of nitrogens with one attached hydrogen (secondary N) is 3. The minimum atomic E-state index is -3.54. The Kier molecular flexibility index (Phi) is 7.81. The molecule has 1 fully saturated rings. The van der Waals surface area contributed by atoms with Crippen LogP contribution in [0, 0.1) is 0 Å². The Hall–Kier alpha value is -2.39. The van der Waals surface area contributed by atoms with Gasteiger partial charge in [-0.05, 0) is 61.6 Å². The van der Waals surface area contributed by atoms with Crippen LogP contribution in [0.15, 0.2) is 59.6 Å². The van der Waals surface area contributed by atoms with Crippen molar-refractivity contribution in [1.82, 2.24) is 15.0 Å². The van der Waals surface area contributed by atoms with Crippen LogP contribution in [0.1, 0.15) is 24.8 Å².